The van der Waals surface area contributed by atoms with E-state index in [1.54, 1.807) is 11.3 Å². The molecule has 3 heterocycles. The molecule has 4 nitrogen and oxygen atoms in total. The fraction of sp³-hybridized carbons (Fsp3) is 0.368. The van der Waals surface area contributed by atoms with E-state index in [4.69, 9.17) is 4.74 Å². The number of carbonyl (C=O) groups is 1. The Morgan fingerprint density at radius 2 is 2.04 bits per heavy atom. The molecule has 1 aliphatic rings. The van der Waals surface area contributed by atoms with E-state index >= 15 is 0 Å². The summed E-state index contributed by atoms with van der Waals surface area (Å²) in [7, 11) is 0. The van der Waals surface area contributed by atoms with Crippen LogP contribution in [0.15, 0.2) is 41.8 Å². The summed E-state index contributed by atoms with van der Waals surface area (Å²) in [5, 5.41) is 2.68. The van der Waals surface area contributed by atoms with E-state index in [1.165, 1.54) is 16.2 Å². The van der Waals surface area contributed by atoms with Crippen molar-refractivity contribution in [2.45, 2.75) is 25.3 Å². The molecule has 2 aromatic heterocycles. The SMILES string of the molecule is O=C(c1nc2ccccc2s1)N(CCc1cccs1)C1CCOCC1. The number of thiazole rings is 1. The third kappa shape index (κ3) is 3.76. The zero-order chi connectivity index (χ0) is 17.1. The molecule has 0 saturated carbocycles. The number of thiophene rings is 1. The van der Waals surface area contributed by atoms with Crippen LogP contribution in [0, 0.1) is 0 Å². The van der Waals surface area contributed by atoms with E-state index in [0.29, 0.717) is 5.01 Å². The van der Waals surface area contributed by atoms with Crippen molar-refractivity contribution in [1.29, 1.82) is 0 Å². The molecule has 1 aromatic carbocycles. The Morgan fingerprint density at radius 1 is 1.20 bits per heavy atom. The third-order valence-corrected chi connectivity index (χ3v) is 6.51. The quantitative estimate of drug-likeness (QED) is 0.673. The van der Waals surface area contributed by atoms with Gasteiger partial charge < -0.3 is 9.64 Å². The van der Waals surface area contributed by atoms with Crippen LogP contribution in [0.1, 0.15) is 27.5 Å². The average Bonchev–Trinajstić information content (AvgIpc) is 3.32. The van der Waals surface area contributed by atoms with Crippen molar-refractivity contribution in [3.8, 4) is 0 Å². The van der Waals surface area contributed by atoms with Crippen molar-refractivity contribution >= 4 is 38.8 Å². The Balaban J connectivity index is 1.57. The summed E-state index contributed by atoms with van der Waals surface area (Å²) in [6, 6.07) is 12.4. The van der Waals surface area contributed by atoms with Crippen molar-refractivity contribution in [2.75, 3.05) is 19.8 Å². The number of hydrogen-bond donors (Lipinski definition) is 0. The van der Waals surface area contributed by atoms with Gasteiger partial charge in [-0.3, -0.25) is 4.79 Å². The zero-order valence-electron chi connectivity index (χ0n) is 13.9. The van der Waals surface area contributed by atoms with Crippen molar-refractivity contribution in [3.05, 3.63) is 51.7 Å². The minimum Gasteiger partial charge on any atom is -0.381 e. The van der Waals surface area contributed by atoms with Gasteiger partial charge in [-0.2, -0.15) is 0 Å². The van der Waals surface area contributed by atoms with Crippen LogP contribution in [-0.2, 0) is 11.2 Å². The van der Waals surface area contributed by atoms with Crippen LogP contribution in [-0.4, -0.2) is 41.6 Å². The number of rotatable bonds is 5. The fourth-order valence-electron chi connectivity index (χ4n) is 3.22. The number of benzene rings is 1. The molecular formula is C19H20N2O2S2. The van der Waals surface area contributed by atoms with Crippen LogP contribution in [0.4, 0.5) is 0 Å². The first-order valence-corrected chi connectivity index (χ1v) is 10.3. The molecule has 0 spiro atoms. The number of ether oxygens (including phenoxy) is 1. The highest BCUT2D eigenvalue weighted by Crippen LogP contribution is 2.25. The van der Waals surface area contributed by atoms with Gasteiger partial charge in [0.1, 0.15) is 0 Å². The molecule has 1 aliphatic heterocycles. The lowest BCUT2D eigenvalue weighted by Crippen LogP contribution is -2.44. The van der Waals surface area contributed by atoms with Gasteiger partial charge in [-0.05, 0) is 42.8 Å². The molecule has 0 radical (unpaired) electrons. The Morgan fingerprint density at radius 3 is 2.80 bits per heavy atom. The molecule has 1 amide bonds. The molecule has 0 unspecified atom stereocenters. The maximum atomic E-state index is 13.2. The van der Waals surface area contributed by atoms with Gasteiger partial charge in [-0.1, -0.05) is 18.2 Å². The molecule has 3 aromatic rings. The molecule has 4 rings (SSSR count). The highest BCUT2D eigenvalue weighted by atomic mass is 32.1. The monoisotopic (exact) mass is 372 g/mol. The predicted octanol–water partition coefficient (Wildman–Crippen LogP) is 4.22. The van der Waals surface area contributed by atoms with E-state index in [1.807, 2.05) is 29.2 Å². The first-order chi connectivity index (χ1) is 12.3. The molecule has 1 saturated heterocycles. The van der Waals surface area contributed by atoms with Gasteiger partial charge in [0, 0.05) is 30.7 Å². The fourth-order valence-corrected chi connectivity index (χ4v) is 4.84. The van der Waals surface area contributed by atoms with Gasteiger partial charge in [-0.25, -0.2) is 4.98 Å². The lowest BCUT2D eigenvalue weighted by atomic mass is 10.1. The topological polar surface area (TPSA) is 42.4 Å². The molecule has 1 fully saturated rings. The maximum Gasteiger partial charge on any atom is 0.283 e. The van der Waals surface area contributed by atoms with Crippen LogP contribution < -0.4 is 0 Å². The second-order valence-corrected chi connectivity index (χ2v) is 8.22. The summed E-state index contributed by atoms with van der Waals surface area (Å²) in [6.45, 7) is 2.19. The molecule has 0 N–H and O–H groups in total. The van der Waals surface area contributed by atoms with Crippen molar-refractivity contribution in [1.82, 2.24) is 9.88 Å². The van der Waals surface area contributed by atoms with Crippen LogP contribution >= 0.6 is 22.7 Å². The van der Waals surface area contributed by atoms with E-state index in [2.05, 4.69) is 22.5 Å². The normalized spacial score (nSPS) is 15.5. The Kier molecular flexibility index (Phi) is 5.10. The third-order valence-electron chi connectivity index (χ3n) is 4.55. The van der Waals surface area contributed by atoms with Gasteiger partial charge in [0.2, 0.25) is 0 Å². The number of nitrogens with zero attached hydrogens (tertiary/aromatic N) is 2. The van der Waals surface area contributed by atoms with E-state index < -0.39 is 0 Å². The summed E-state index contributed by atoms with van der Waals surface area (Å²) in [4.78, 5) is 21.1. The largest absolute Gasteiger partial charge is 0.381 e. The zero-order valence-corrected chi connectivity index (χ0v) is 15.5. The van der Waals surface area contributed by atoms with Gasteiger partial charge in [0.05, 0.1) is 10.2 Å². The predicted molar refractivity (Wildman–Crippen MR) is 103 cm³/mol. The Hall–Kier alpha value is -1.76. The Bertz CT molecular complexity index is 805. The van der Waals surface area contributed by atoms with Gasteiger partial charge in [-0.15, -0.1) is 22.7 Å². The summed E-state index contributed by atoms with van der Waals surface area (Å²) < 4.78 is 6.55. The first kappa shape index (κ1) is 16.7. The molecule has 6 heteroatoms. The number of fused-ring (bicyclic) bond motifs is 1. The van der Waals surface area contributed by atoms with E-state index in [-0.39, 0.29) is 11.9 Å². The first-order valence-electron chi connectivity index (χ1n) is 8.58. The molecule has 0 bridgehead atoms. The number of hydrogen-bond acceptors (Lipinski definition) is 5. The molecule has 0 atom stereocenters. The summed E-state index contributed by atoms with van der Waals surface area (Å²) in [5.41, 5.74) is 0.904. The molecule has 130 valence electrons. The molecule has 25 heavy (non-hydrogen) atoms. The van der Waals surface area contributed by atoms with Crippen LogP contribution in [0.5, 0.6) is 0 Å². The van der Waals surface area contributed by atoms with Crippen LogP contribution in [0.2, 0.25) is 0 Å². The van der Waals surface area contributed by atoms with Gasteiger partial charge in [0.25, 0.3) is 5.91 Å². The standard InChI is InChI=1S/C19H20N2O2S2/c22-19(18-20-16-5-1-2-6-17(16)25-18)21(14-8-11-23-12-9-14)10-7-15-4-3-13-24-15/h1-6,13-14H,7-12H2. The van der Waals surface area contributed by atoms with Crippen molar-refractivity contribution < 1.29 is 9.53 Å². The Labute approximate surface area is 155 Å². The van der Waals surface area contributed by atoms with Gasteiger partial charge in [0.15, 0.2) is 5.01 Å². The van der Waals surface area contributed by atoms with Crippen LogP contribution in [0.25, 0.3) is 10.2 Å². The molecule has 0 aliphatic carbocycles. The van der Waals surface area contributed by atoms with Crippen LogP contribution in [0.3, 0.4) is 0 Å². The smallest absolute Gasteiger partial charge is 0.283 e. The summed E-state index contributed by atoms with van der Waals surface area (Å²) in [6.07, 6.45) is 2.70. The number of carbonyl (C=O) groups excluding carboxylic acids is 1. The summed E-state index contributed by atoms with van der Waals surface area (Å²) >= 11 is 3.24. The highest BCUT2D eigenvalue weighted by Gasteiger charge is 2.28. The average molecular weight is 373 g/mol. The second kappa shape index (κ2) is 7.64. The lowest BCUT2D eigenvalue weighted by molar-refractivity contribution is 0.0294. The van der Waals surface area contributed by atoms with E-state index in [0.717, 1.165) is 49.2 Å². The lowest BCUT2D eigenvalue weighted by Gasteiger charge is -2.33. The number of para-hydroxylation sites is 1. The van der Waals surface area contributed by atoms with Crippen molar-refractivity contribution in [3.63, 3.8) is 0 Å². The second-order valence-electron chi connectivity index (χ2n) is 6.16. The molecular weight excluding hydrogens is 352 g/mol. The number of aromatic nitrogens is 1. The van der Waals surface area contributed by atoms with E-state index in [9.17, 15) is 4.79 Å². The number of amides is 1. The highest BCUT2D eigenvalue weighted by molar-refractivity contribution is 7.20. The summed E-state index contributed by atoms with van der Waals surface area (Å²) in [5.74, 6) is 0.0599. The van der Waals surface area contributed by atoms with Gasteiger partial charge >= 0.3 is 0 Å². The minimum absolute atomic E-state index is 0.0599. The maximum absolute atomic E-state index is 13.2. The van der Waals surface area contributed by atoms with Crippen molar-refractivity contribution in [2.24, 2.45) is 0 Å². The minimum atomic E-state index is 0.0599.